The monoisotopic (exact) mass is 247 g/mol. The summed E-state index contributed by atoms with van der Waals surface area (Å²) in [6, 6.07) is 4.18. The number of nitrogens with two attached hydrogens (primary N) is 1. The van der Waals surface area contributed by atoms with E-state index in [2.05, 4.69) is 15.4 Å². The van der Waals surface area contributed by atoms with Gasteiger partial charge < -0.3 is 16.2 Å². The topological polar surface area (TPSA) is 88.5 Å². The SMILES string of the molecule is Nc1cnc2ccc(NC3CCC(O)CC3)nn12. The van der Waals surface area contributed by atoms with Crippen LogP contribution in [0.5, 0.6) is 0 Å². The van der Waals surface area contributed by atoms with Crippen LogP contribution in [0.15, 0.2) is 18.3 Å². The van der Waals surface area contributed by atoms with E-state index in [0.717, 1.165) is 37.1 Å². The molecule has 4 N–H and O–H groups in total. The van der Waals surface area contributed by atoms with Crippen LogP contribution in [-0.2, 0) is 0 Å². The van der Waals surface area contributed by atoms with Gasteiger partial charge in [-0.05, 0) is 37.8 Å². The normalized spacial score (nSPS) is 24.3. The van der Waals surface area contributed by atoms with E-state index < -0.39 is 0 Å². The number of aromatic nitrogens is 3. The molecule has 6 nitrogen and oxygen atoms in total. The fourth-order valence-corrected chi connectivity index (χ4v) is 2.40. The molecule has 2 heterocycles. The Morgan fingerprint density at radius 2 is 2.06 bits per heavy atom. The number of nitrogen functional groups attached to an aromatic ring is 1. The third-order valence-corrected chi connectivity index (χ3v) is 3.44. The zero-order chi connectivity index (χ0) is 12.5. The number of fused-ring (bicyclic) bond motifs is 1. The molecule has 2 aromatic heterocycles. The summed E-state index contributed by atoms with van der Waals surface area (Å²) in [6.45, 7) is 0. The molecule has 0 aromatic carbocycles. The van der Waals surface area contributed by atoms with Gasteiger partial charge in [0.25, 0.3) is 0 Å². The maximum atomic E-state index is 9.47. The van der Waals surface area contributed by atoms with Gasteiger partial charge in [-0.15, -0.1) is 5.10 Å². The summed E-state index contributed by atoms with van der Waals surface area (Å²) in [5.41, 5.74) is 6.52. The van der Waals surface area contributed by atoms with Crippen LogP contribution in [0.4, 0.5) is 11.6 Å². The highest BCUT2D eigenvalue weighted by Gasteiger charge is 2.19. The van der Waals surface area contributed by atoms with E-state index in [4.69, 9.17) is 5.73 Å². The first-order valence-corrected chi connectivity index (χ1v) is 6.27. The lowest BCUT2D eigenvalue weighted by atomic mass is 9.93. The van der Waals surface area contributed by atoms with Gasteiger partial charge in [-0.3, -0.25) is 0 Å². The molecule has 0 amide bonds. The summed E-state index contributed by atoms with van der Waals surface area (Å²) in [6.07, 6.45) is 5.12. The highest BCUT2D eigenvalue weighted by atomic mass is 16.3. The van der Waals surface area contributed by atoms with Crippen LogP contribution >= 0.6 is 0 Å². The first kappa shape index (κ1) is 11.3. The minimum atomic E-state index is -0.136. The molecular formula is C12H17N5O. The molecule has 0 saturated heterocycles. The molecule has 1 saturated carbocycles. The zero-order valence-corrected chi connectivity index (χ0v) is 10.1. The average Bonchev–Trinajstić information content (AvgIpc) is 2.74. The number of aliphatic hydroxyl groups is 1. The van der Waals surface area contributed by atoms with E-state index in [1.54, 1.807) is 10.7 Å². The number of hydrogen-bond acceptors (Lipinski definition) is 5. The summed E-state index contributed by atoms with van der Waals surface area (Å²) in [5.74, 6) is 1.33. The van der Waals surface area contributed by atoms with Gasteiger partial charge in [0.2, 0.25) is 0 Å². The van der Waals surface area contributed by atoms with Crippen molar-refractivity contribution in [2.45, 2.75) is 37.8 Å². The van der Waals surface area contributed by atoms with Gasteiger partial charge in [-0.25, -0.2) is 4.98 Å². The van der Waals surface area contributed by atoms with Crippen LogP contribution in [0.25, 0.3) is 5.65 Å². The predicted octanol–water partition coefficient (Wildman–Crippen LogP) is 1.03. The van der Waals surface area contributed by atoms with Crippen LogP contribution < -0.4 is 11.1 Å². The Morgan fingerprint density at radius 1 is 1.28 bits per heavy atom. The van der Waals surface area contributed by atoms with Crippen LogP contribution in [0.2, 0.25) is 0 Å². The van der Waals surface area contributed by atoms with Crippen LogP contribution in [-0.4, -0.2) is 31.9 Å². The molecule has 0 spiro atoms. The lowest BCUT2D eigenvalue weighted by molar-refractivity contribution is 0.126. The second-order valence-corrected chi connectivity index (χ2v) is 4.82. The maximum absolute atomic E-state index is 9.47. The van der Waals surface area contributed by atoms with Gasteiger partial charge in [-0.2, -0.15) is 4.52 Å². The van der Waals surface area contributed by atoms with Crippen molar-refractivity contribution in [1.82, 2.24) is 14.6 Å². The third-order valence-electron chi connectivity index (χ3n) is 3.44. The number of rotatable bonds is 2. The fraction of sp³-hybridized carbons (Fsp3) is 0.500. The average molecular weight is 247 g/mol. The van der Waals surface area contributed by atoms with Gasteiger partial charge in [0, 0.05) is 6.04 Å². The van der Waals surface area contributed by atoms with Crippen molar-refractivity contribution in [2.24, 2.45) is 0 Å². The number of hydrogen-bond donors (Lipinski definition) is 3. The summed E-state index contributed by atoms with van der Waals surface area (Å²) >= 11 is 0. The fourth-order valence-electron chi connectivity index (χ4n) is 2.40. The van der Waals surface area contributed by atoms with Crippen LogP contribution in [0.3, 0.4) is 0 Å². The lowest BCUT2D eigenvalue weighted by Crippen LogP contribution is -2.28. The van der Waals surface area contributed by atoms with E-state index in [0.29, 0.717) is 11.9 Å². The van der Waals surface area contributed by atoms with E-state index >= 15 is 0 Å². The molecule has 18 heavy (non-hydrogen) atoms. The number of anilines is 2. The van der Waals surface area contributed by atoms with E-state index in [1.807, 2.05) is 12.1 Å². The number of aliphatic hydroxyl groups excluding tert-OH is 1. The van der Waals surface area contributed by atoms with Gasteiger partial charge in [0.05, 0.1) is 12.3 Å². The zero-order valence-electron chi connectivity index (χ0n) is 10.1. The summed E-state index contributed by atoms with van der Waals surface area (Å²) in [4.78, 5) is 4.13. The molecule has 3 rings (SSSR count). The number of nitrogens with one attached hydrogen (secondary N) is 1. The molecule has 0 bridgehead atoms. The third kappa shape index (κ3) is 2.11. The van der Waals surface area contributed by atoms with Crippen molar-refractivity contribution in [3.8, 4) is 0 Å². The Kier molecular flexibility index (Phi) is 2.79. The standard InChI is InChI=1S/C12H17N5O/c13-10-7-14-12-6-5-11(16-17(10)12)15-8-1-3-9(18)4-2-8/h5-9,18H,1-4,13H2,(H,15,16). The Hall–Kier alpha value is -1.82. The number of nitrogens with zero attached hydrogens (tertiary/aromatic N) is 3. The van der Waals surface area contributed by atoms with Crippen molar-refractivity contribution in [1.29, 1.82) is 0 Å². The van der Waals surface area contributed by atoms with Crippen molar-refractivity contribution >= 4 is 17.3 Å². The second-order valence-electron chi connectivity index (χ2n) is 4.82. The maximum Gasteiger partial charge on any atom is 0.156 e. The van der Waals surface area contributed by atoms with Crippen LogP contribution in [0.1, 0.15) is 25.7 Å². The van der Waals surface area contributed by atoms with Crippen molar-refractivity contribution in [3.05, 3.63) is 18.3 Å². The van der Waals surface area contributed by atoms with Gasteiger partial charge in [0.1, 0.15) is 11.6 Å². The highest BCUT2D eigenvalue weighted by Crippen LogP contribution is 2.21. The number of imidazole rings is 1. The molecular weight excluding hydrogens is 230 g/mol. The molecule has 2 aromatic rings. The highest BCUT2D eigenvalue weighted by molar-refractivity contribution is 5.50. The minimum absolute atomic E-state index is 0.136. The molecule has 0 radical (unpaired) electrons. The largest absolute Gasteiger partial charge is 0.393 e. The van der Waals surface area contributed by atoms with E-state index in [9.17, 15) is 5.11 Å². The molecule has 1 aliphatic carbocycles. The summed E-state index contributed by atoms with van der Waals surface area (Å²) in [7, 11) is 0. The Bertz CT molecular complexity index is 544. The summed E-state index contributed by atoms with van der Waals surface area (Å²) < 4.78 is 1.63. The van der Waals surface area contributed by atoms with Gasteiger partial charge in [-0.1, -0.05) is 0 Å². The van der Waals surface area contributed by atoms with Crippen molar-refractivity contribution < 1.29 is 5.11 Å². The summed E-state index contributed by atoms with van der Waals surface area (Å²) in [5, 5.41) is 17.3. The predicted molar refractivity (Wildman–Crippen MR) is 69.3 cm³/mol. The molecule has 0 atom stereocenters. The molecule has 1 aliphatic rings. The molecule has 6 heteroatoms. The van der Waals surface area contributed by atoms with Crippen LogP contribution in [0, 0.1) is 0 Å². The molecule has 0 aliphatic heterocycles. The minimum Gasteiger partial charge on any atom is -0.393 e. The van der Waals surface area contributed by atoms with Crippen molar-refractivity contribution in [2.75, 3.05) is 11.1 Å². The van der Waals surface area contributed by atoms with Crippen molar-refractivity contribution in [3.63, 3.8) is 0 Å². The Labute approximate surface area is 105 Å². The molecule has 0 unspecified atom stereocenters. The smallest absolute Gasteiger partial charge is 0.156 e. The van der Waals surface area contributed by atoms with E-state index in [1.165, 1.54) is 0 Å². The quantitative estimate of drug-likeness (QED) is 0.737. The second kappa shape index (κ2) is 4.45. The van der Waals surface area contributed by atoms with E-state index in [-0.39, 0.29) is 6.10 Å². The lowest BCUT2D eigenvalue weighted by Gasteiger charge is -2.26. The Balaban J connectivity index is 1.76. The van der Waals surface area contributed by atoms with Gasteiger partial charge >= 0.3 is 0 Å². The molecule has 1 fully saturated rings. The van der Waals surface area contributed by atoms with Gasteiger partial charge in [0.15, 0.2) is 5.65 Å². The first-order chi connectivity index (χ1) is 8.72. The first-order valence-electron chi connectivity index (χ1n) is 6.27. The Morgan fingerprint density at radius 3 is 2.83 bits per heavy atom. The molecule has 96 valence electrons.